The van der Waals surface area contributed by atoms with Crippen LogP contribution < -0.4 is 0 Å². The van der Waals surface area contributed by atoms with E-state index >= 15 is 0 Å². The minimum absolute atomic E-state index is 0.166. The van der Waals surface area contributed by atoms with Gasteiger partial charge in [-0.1, -0.05) is 19.9 Å². The normalized spacial score (nSPS) is 11.2. The van der Waals surface area contributed by atoms with E-state index in [-0.39, 0.29) is 11.6 Å². The first-order valence-electron chi connectivity index (χ1n) is 4.92. The minimum atomic E-state index is -0.947. The van der Waals surface area contributed by atoms with Crippen LogP contribution in [-0.4, -0.2) is 20.5 Å². The Kier molecular flexibility index (Phi) is 2.71. The molecule has 0 atom stereocenters. The number of halogens is 1. The molecule has 2 aromatic rings. The van der Waals surface area contributed by atoms with Crippen LogP contribution in [0.3, 0.4) is 0 Å². The molecule has 0 aromatic carbocycles. The molecular weight excluding hydrogens is 272 g/mol. The van der Waals surface area contributed by atoms with Crippen molar-refractivity contribution in [2.75, 3.05) is 0 Å². The quantitative estimate of drug-likeness (QED) is 0.922. The van der Waals surface area contributed by atoms with Gasteiger partial charge in [0.05, 0.1) is 5.52 Å². The molecule has 5 heteroatoms. The summed E-state index contributed by atoms with van der Waals surface area (Å²) >= 11 is 3.34. The van der Waals surface area contributed by atoms with E-state index in [1.165, 1.54) is 0 Å². The van der Waals surface area contributed by atoms with Crippen molar-refractivity contribution in [2.24, 2.45) is 0 Å². The smallest absolute Gasteiger partial charge is 0.352 e. The Morgan fingerprint density at radius 3 is 2.75 bits per heavy atom. The van der Waals surface area contributed by atoms with Crippen LogP contribution in [0.4, 0.5) is 0 Å². The van der Waals surface area contributed by atoms with E-state index in [9.17, 15) is 4.79 Å². The van der Waals surface area contributed by atoms with Gasteiger partial charge >= 0.3 is 5.97 Å². The lowest BCUT2D eigenvalue weighted by Gasteiger charge is -2.07. The Morgan fingerprint density at radius 2 is 2.19 bits per heavy atom. The maximum Gasteiger partial charge on any atom is 0.352 e. The molecule has 0 fully saturated rings. The molecule has 2 aromatic heterocycles. The van der Waals surface area contributed by atoms with E-state index in [4.69, 9.17) is 5.11 Å². The lowest BCUT2D eigenvalue weighted by molar-refractivity contribution is 0.0688. The maximum atomic E-state index is 11.1. The first-order chi connectivity index (χ1) is 7.52. The number of carboxylic acid groups (broad SMARTS) is 1. The highest BCUT2D eigenvalue weighted by molar-refractivity contribution is 9.10. The van der Waals surface area contributed by atoms with E-state index in [1.807, 2.05) is 19.9 Å². The van der Waals surface area contributed by atoms with Crippen molar-refractivity contribution in [3.63, 3.8) is 0 Å². The van der Waals surface area contributed by atoms with Crippen molar-refractivity contribution in [1.82, 2.24) is 9.38 Å². The molecule has 0 amide bonds. The third kappa shape index (κ3) is 1.61. The molecule has 0 unspecified atom stereocenters. The molecule has 84 valence electrons. The summed E-state index contributed by atoms with van der Waals surface area (Å²) in [6, 6.07) is 5.14. The summed E-state index contributed by atoms with van der Waals surface area (Å²) in [7, 11) is 0. The summed E-state index contributed by atoms with van der Waals surface area (Å²) in [5.74, 6) is -0.0309. The van der Waals surface area contributed by atoms with Gasteiger partial charge < -0.3 is 5.11 Å². The van der Waals surface area contributed by atoms with E-state index in [0.717, 1.165) is 11.3 Å². The van der Waals surface area contributed by atoms with Crippen LogP contribution in [-0.2, 0) is 0 Å². The molecule has 4 nitrogen and oxygen atoms in total. The lowest BCUT2D eigenvalue weighted by Crippen LogP contribution is -2.08. The van der Waals surface area contributed by atoms with Crippen molar-refractivity contribution < 1.29 is 9.90 Å². The van der Waals surface area contributed by atoms with Gasteiger partial charge in [-0.3, -0.25) is 4.40 Å². The van der Waals surface area contributed by atoms with Crippen LogP contribution in [0.15, 0.2) is 22.8 Å². The van der Waals surface area contributed by atoms with Crippen molar-refractivity contribution >= 4 is 27.4 Å². The number of aromatic nitrogens is 2. The summed E-state index contributed by atoms with van der Waals surface area (Å²) in [6.45, 7) is 3.97. The number of aromatic carboxylic acids is 1. The predicted octanol–water partition coefficient (Wildman–Crippen LogP) is 2.92. The zero-order valence-corrected chi connectivity index (χ0v) is 10.5. The van der Waals surface area contributed by atoms with Gasteiger partial charge in [0.15, 0.2) is 0 Å². The molecule has 0 aliphatic carbocycles. The fourth-order valence-electron chi connectivity index (χ4n) is 1.68. The summed E-state index contributed by atoms with van der Waals surface area (Å²) in [5.41, 5.74) is 1.02. The first-order valence-corrected chi connectivity index (χ1v) is 5.72. The average Bonchev–Trinajstić information content (AvgIpc) is 2.56. The van der Waals surface area contributed by atoms with Crippen LogP contribution in [0.5, 0.6) is 0 Å². The molecule has 0 bridgehead atoms. The Balaban J connectivity index is 2.88. The Bertz CT molecular complexity index is 560. The van der Waals surface area contributed by atoms with Crippen LogP contribution in [0.2, 0.25) is 0 Å². The summed E-state index contributed by atoms with van der Waals surface area (Å²) in [4.78, 5) is 15.5. The third-order valence-electron chi connectivity index (χ3n) is 2.38. The molecule has 2 heterocycles. The molecular formula is C11H11BrN2O2. The Morgan fingerprint density at radius 1 is 1.50 bits per heavy atom. The van der Waals surface area contributed by atoms with Gasteiger partial charge in [0.1, 0.15) is 16.1 Å². The van der Waals surface area contributed by atoms with E-state index in [0.29, 0.717) is 4.60 Å². The highest BCUT2D eigenvalue weighted by Gasteiger charge is 2.17. The van der Waals surface area contributed by atoms with Crippen molar-refractivity contribution in [3.05, 3.63) is 34.3 Å². The topological polar surface area (TPSA) is 54.6 Å². The SMILES string of the molecule is CC(C)c1nc(Br)c2cccc(C(=O)O)n12. The lowest BCUT2D eigenvalue weighted by atomic mass is 10.2. The van der Waals surface area contributed by atoms with Crippen molar-refractivity contribution in [1.29, 1.82) is 0 Å². The molecule has 0 radical (unpaired) electrons. The van der Waals surface area contributed by atoms with Crippen molar-refractivity contribution in [2.45, 2.75) is 19.8 Å². The minimum Gasteiger partial charge on any atom is -0.477 e. The number of nitrogens with zero attached hydrogens (tertiary/aromatic N) is 2. The number of imidazole rings is 1. The molecule has 0 aliphatic rings. The number of pyridine rings is 1. The van der Waals surface area contributed by atoms with Crippen LogP contribution in [0, 0.1) is 0 Å². The van der Waals surface area contributed by atoms with Gasteiger partial charge in [-0.2, -0.15) is 0 Å². The molecule has 0 spiro atoms. The first kappa shape index (κ1) is 11.1. The zero-order chi connectivity index (χ0) is 11.9. The van der Waals surface area contributed by atoms with Gasteiger partial charge in [-0.05, 0) is 28.1 Å². The standard InChI is InChI=1S/C11H11BrN2O2/c1-6(2)10-13-9(12)7-4-3-5-8(11(15)16)14(7)10/h3-6H,1-2H3,(H,15,16). The third-order valence-corrected chi connectivity index (χ3v) is 2.96. The second-order valence-corrected chi connectivity index (χ2v) is 4.60. The second-order valence-electron chi connectivity index (χ2n) is 3.85. The van der Waals surface area contributed by atoms with Gasteiger partial charge in [0.25, 0.3) is 0 Å². The number of carboxylic acids is 1. The number of carbonyl (C=O) groups is 1. The predicted molar refractivity (Wildman–Crippen MR) is 63.9 cm³/mol. The number of hydrogen-bond acceptors (Lipinski definition) is 2. The Labute approximate surface area is 101 Å². The van der Waals surface area contributed by atoms with Crippen LogP contribution in [0.1, 0.15) is 36.1 Å². The maximum absolute atomic E-state index is 11.1. The fourth-order valence-corrected chi connectivity index (χ4v) is 2.17. The highest BCUT2D eigenvalue weighted by atomic mass is 79.9. The molecule has 0 saturated heterocycles. The van der Waals surface area contributed by atoms with Gasteiger partial charge in [0.2, 0.25) is 0 Å². The van der Waals surface area contributed by atoms with E-state index in [2.05, 4.69) is 20.9 Å². The van der Waals surface area contributed by atoms with E-state index in [1.54, 1.807) is 16.5 Å². The summed E-state index contributed by atoms with van der Waals surface area (Å²) in [5, 5.41) is 9.13. The van der Waals surface area contributed by atoms with Gasteiger partial charge in [0, 0.05) is 5.92 Å². The Hall–Kier alpha value is -1.36. The highest BCUT2D eigenvalue weighted by Crippen LogP contribution is 2.24. The zero-order valence-electron chi connectivity index (χ0n) is 8.94. The number of fused-ring (bicyclic) bond motifs is 1. The van der Waals surface area contributed by atoms with Crippen LogP contribution >= 0.6 is 15.9 Å². The monoisotopic (exact) mass is 282 g/mol. The molecule has 16 heavy (non-hydrogen) atoms. The molecule has 0 aliphatic heterocycles. The van der Waals surface area contributed by atoms with Gasteiger partial charge in [-0.25, -0.2) is 9.78 Å². The molecule has 1 N–H and O–H groups in total. The number of rotatable bonds is 2. The van der Waals surface area contributed by atoms with Crippen LogP contribution in [0.25, 0.3) is 5.52 Å². The molecule has 2 rings (SSSR count). The van der Waals surface area contributed by atoms with Gasteiger partial charge in [-0.15, -0.1) is 0 Å². The molecule has 0 saturated carbocycles. The summed E-state index contributed by atoms with van der Waals surface area (Å²) in [6.07, 6.45) is 0. The largest absolute Gasteiger partial charge is 0.477 e. The second kappa shape index (κ2) is 3.90. The summed E-state index contributed by atoms with van der Waals surface area (Å²) < 4.78 is 2.36. The fraction of sp³-hybridized carbons (Fsp3) is 0.273. The average molecular weight is 283 g/mol. The number of hydrogen-bond donors (Lipinski definition) is 1. The van der Waals surface area contributed by atoms with Crippen molar-refractivity contribution in [3.8, 4) is 0 Å². The van der Waals surface area contributed by atoms with E-state index < -0.39 is 5.97 Å².